The first kappa shape index (κ1) is 9.46. The molecule has 0 aromatic carbocycles. The first-order valence-corrected chi connectivity index (χ1v) is 4.45. The predicted octanol–water partition coefficient (Wildman–Crippen LogP) is 1.68. The molecular formula is C10H16O2. The van der Waals surface area contributed by atoms with Gasteiger partial charge >= 0.3 is 0 Å². The predicted molar refractivity (Wildman–Crippen MR) is 47.8 cm³/mol. The lowest BCUT2D eigenvalue weighted by Gasteiger charge is -2.26. The minimum absolute atomic E-state index is 0.0909. The van der Waals surface area contributed by atoms with Crippen molar-refractivity contribution >= 4 is 5.78 Å². The summed E-state index contributed by atoms with van der Waals surface area (Å²) in [5, 5.41) is 9.96. The standard InChI is InChI=1S/C10H16O2/c1-3-5-9-6-4-7-10(9,12)8(2)11/h3,9,12H,1,4-7H2,2H3/t9-,10-/m0/s1. The molecule has 1 saturated carbocycles. The van der Waals surface area contributed by atoms with Gasteiger partial charge in [0.15, 0.2) is 5.78 Å². The van der Waals surface area contributed by atoms with Crippen molar-refractivity contribution in [3.05, 3.63) is 12.7 Å². The Morgan fingerprint density at radius 3 is 3.00 bits per heavy atom. The van der Waals surface area contributed by atoms with Crippen molar-refractivity contribution < 1.29 is 9.90 Å². The molecule has 2 heteroatoms. The van der Waals surface area contributed by atoms with Gasteiger partial charge in [0.2, 0.25) is 0 Å². The van der Waals surface area contributed by atoms with Gasteiger partial charge in [-0.1, -0.05) is 6.08 Å². The summed E-state index contributed by atoms with van der Waals surface area (Å²) in [6, 6.07) is 0. The molecule has 2 atom stereocenters. The molecule has 0 bridgehead atoms. The monoisotopic (exact) mass is 168 g/mol. The van der Waals surface area contributed by atoms with Crippen LogP contribution in [-0.2, 0) is 4.79 Å². The van der Waals surface area contributed by atoms with E-state index in [1.165, 1.54) is 6.92 Å². The normalized spacial score (nSPS) is 35.0. The van der Waals surface area contributed by atoms with Crippen molar-refractivity contribution in [2.24, 2.45) is 5.92 Å². The van der Waals surface area contributed by atoms with Crippen LogP contribution in [0.3, 0.4) is 0 Å². The number of hydrogen-bond acceptors (Lipinski definition) is 2. The van der Waals surface area contributed by atoms with Crippen LogP contribution in [0.4, 0.5) is 0 Å². The number of allylic oxidation sites excluding steroid dienone is 1. The summed E-state index contributed by atoms with van der Waals surface area (Å²) in [7, 11) is 0. The van der Waals surface area contributed by atoms with Gasteiger partial charge in [-0.2, -0.15) is 0 Å². The Labute approximate surface area is 73.3 Å². The maximum absolute atomic E-state index is 11.2. The van der Waals surface area contributed by atoms with E-state index >= 15 is 0 Å². The molecule has 12 heavy (non-hydrogen) atoms. The quantitative estimate of drug-likeness (QED) is 0.651. The minimum Gasteiger partial charge on any atom is -0.382 e. The maximum atomic E-state index is 11.2. The van der Waals surface area contributed by atoms with E-state index in [-0.39, 0.29) is 11.7 Å². The molecule has 1 N–H and O–H groups in total. The first-order chi connectivity index (χ1) is 5.61. The Hall–Kier alpha value is -0.630. The van der Waals surface area contributed by atoms with E-state index < -0.39 is 5.60 Å². The van der Waals surface area contributed by atoms with E-state index in [0.717, 1.165) is 19.3 Å². The highest BCUT2D eigenvalue weighted by atomic mass is 16.3. The largest absolute Gasteiger partial charge is 0.382 e. The van der Waals surface area contributed by atoms with E-state index in [9.17, 15) is 9.90 Å². The fourth-order valence-corrected chi connectivity index (χ4v) is 2.04. The van der Waals surface area contributed by atoms with Crippen molar-refractivity contribution in [3.8, 4) is 0 Å². The third-order valence-corrected chi connectivity index (χ3v) is 2.85. The average Bonchev–Trinajstić information content (AvgIpc) is 2.35. The number of aliphatic hydroxyl groups is 1. The highest BCUT2D eigenvalue weighted by Crippen LogP contribution is 2.38. The van der Waals surface area contributed by atoms with Gasteiger partial charge in [0.05, 0.1) is 0 Å². The molecule has 1 rings (SSSR count). The molecule has 0 heterocycles. The van der Waals surface area contributed by atoms with E-state index in [4.69, 9.17) is 0 Å². The summed E-state index contributed by atoms with van der Waals surface area (Å²) in [5.41, 5.74) is -1.05. The Balaban J connectivity index is 2.73. The number of hydrogen-bond donors (Lipinski definition) is 1. The molecule has 0 aliphatic heterocycles. The summed E-state index contributed by atoms with van der Waals surface area (Å²) in [6.45, 7) is 5.10. The van der Waals surface area contributed by atoms with E-state index in [0.29, 0.717) is 6.42 Å². The van der Waals surface area contributed by atoms with Crippen LogP contribution in [0.1, 0.15) is 32.6 Å². The number of rotatable bonds is 3. The molecule has 0 unspecified atom stereocenters. The summed E-state index contributed by atoms with van der Waals surface area (Å²) < 4.78 is 0. The van der Waals surface area contributed by atoms with Gasteiger partial charge in [-0.3, -0.25) is 4.79 Å². The Morgan fingerprint density at radius 2 is 2.50 bits per heavy atom. The Morgan fingerprint density at radius 1 is 1.83 bits per heavy atom. The van der Waals surface area contributed by atoms with E-state index in [1.807, 2.05) is 0 Å². The second-order valence-electron chi connectivity index (χ2n) is 3.59. The van der Waals surface area contributed by atoms with Crippen LogP contribution >= 0.6 is 0 Å². The minimum atomic E-state index is -1.05. The topological polar surface area (TPSA) is 37.3 Å². The molecule has 1 fully saturated rings. The zero-order valence-electron chi connectivity index (χ0n) is 7.55. The third-order valence-electron chi connectivity index (χ3n) is 2.85. The summed E-state index contributed by atoms with van der Waals surface area (Å²) in [6.07, 6.45) is 5.05. The Bertz CT molecular complexity index is 198. The van der Waals surface area contributed by atoms with Crippen molar-refractivity contribution in [3.63, 3.8) is 0 Å². The van der Waals surface area contributed by atoms with E-state index in [1.54, 1.807) is 6.08 Å². The Kier molecular flexibility index (Phi) is 2.68. The van der Waals surface area contributed by atoms with Crippen LogP contribution < -0.4 is 0 Å². The van der Waals surface area contributed by atoms with Crippen LogP contribution in [-0.4, -0.2) is 16.5 Å². The molecule has 0 radical (unpaired) electrons. The zero-order valence-corrected chi connectivity index (χ0v) is 7.55. The van der Waals surface area contributed by atoms with Crippen LogP contribution in [0.5, 0.6) is 0 Å². The smallest absolute Gasteiger partial charge is 0.161 e. The lowest BCUT2D eigenvalue weighted by Crippen LogP contribution is -2.40. The highest BCUT2D eigenvalue weighted by Gasteiger charge is 2.43. The summed E-state index contributed by atoms with van der Waals surface area (Å²) >= 11 is 0. The van der Waals surface area contributed by atoms with Gasteiger partial charge < -0.3 is 5.11 Å². The van der Waals surface area contributed by atoms with Gasteiger partial charge in [-0.25, -0.2) is 0 Å². The number of carbonyl (C=O) groups is 1. The lowest BCUT2D eigenvalue weighted by atomic mass is 9.85. The molecule has 2 nitrogen and oxygen atoms in total. The lowest BCUT2D eigenvalue weighted by molar-refractivity contribution is -0.138. The molecule has 1 aliphatic carbocycles. The number of ketones is 1. The maximum Gasteiger partial charge on any atom is 0.161 e. The molecule has 1 aliphatic rings. The molecule has 0 amide bonds. The van der Waals surface area contributed by atoms with Gasteiger partial charge in [0, 0.05) is 0 Å². The SMILES string of the molecule is C=CC[C@H]1CCC[C@]1(O)C(C)=O. The van der Waals surface area contributed by atoms with Gasteiger partial charge in [0.1, 0.15) is 5.60 Å². The van der Waals surface area contributed by atoms with Crippen molar-refractivity contribution in [2.75, 3.05) is 0 Å². The molecule has 0 aromatic rings. The molecule has 68 valence electrons. The van der Waals surface area contributed by atoms with Crippen LogP contribution in [0.2, 0.25) is 0 Å². The van der Waals surface area contributed by atoms with Crippen LogP contribution in [0, 0.1) is 5.92 Å². The molecular weight excluding hydrogens is 152 g/mol. The summed E-state index contributed by atoms with van der Waals surface area (Å²) in [5.74, 6) is 0.0133. The molecule has 0 spiro atoms. The number of carbonyl (C=O) groups excluding carboxylic acids is 1. The van der Waals surface area contributed by atoms with Gasteiger partial charge in [-0.15, -0.1) is 6.58 Å². The summed E-state index contributed by atoms with van der Waals surface area (Å²) in [4.78, 5) is 11.2. The average molecular weight is 168 g/mol. The second kappa shape index (κ2) is 3.40. The fourth-order valence-electron chi connectivity index (χ4n) is 2.04. The van der Waals surface area contributed by atoms with Crippen LogP contribution in [0.25, 0.3) is 0 Å². The first-order valence-electron chi connectivity index (χ1n) is 4.45. The van der Waals surface area contributed by atoms with Gasteiger partial charge in [0.25, 0.3) is 0 Å². The number of Topliss-reactive ketones (excluding diaryl/α,β-unsaturated/α-hetero) is 1. The highest BCUT2D eigenvalue weighted by molar-refractivity contribution is 5.85. The third kappa shape index (κ3) is 1.44. The zero-order chi connectivity index (χ0) is 9.19. The van der Waals surface area contributed by atoms with Gasteiger partial charge in [-0.05, 0) is 38.5 Å². The van der Waals surface area contributed by atoms with Crippen molar-refractivity contribution in [1.29, 1.82) is 0 Å². The fraction of sp³-hybridized carbons (Fsp3) is 0.700. The molecule has 0 saturated heterocycles. The second-order valence-corrected chi connectivity index (χ2v) is 3.59. The molecule has 0 aromatic heterocycles. The van der Waals surface area contributed by atoms with Crippen molar-refractivity contribution in [1.82, 2.24) is 0 Å². The van der Waals surface area contributed by atoms with E-state index in [2.05, 4.69) is 6.58 Å². The van der Waals surface area contributed by atoms with Crippen LogP contribution in [0.15, 0.2) is 12.7 Å². The van der Waals surface area contributed by atoms with Crippen molar-refractivity contribution in [2.45, 2.75) is 38.2 Å².